The molecular formula is C14H9ClN2O6. The van der Waals surface area contributed by atoms with E-state index >= 15 is 0 Å². The summed E-state index contributed by atoms with van der Waals surface area (Å²) in [5, 5.41) is 28.7. The third-order valence-corrected chi connectivity index (χ3v) is 2.92. The van der Waals surface area contributed by atoms with Gasteiger partial charge in [-0.2, -0.15) is 5.26 Å². The fourth-order valence-corrected chi connectivity index (χ4v) is 1.89. The first-order valence-corrected chi connectivity index (χ1v) is 6.19. The summed E-state index contributed by atoms with van der Waals surface area (Å²) < 4.78 is 5.34. The van der Waals surface area contributed by atoms with Gasteiger partial charge in [0.15, 0.2) is 0 Å². The number of halogens is 1. The molecule has 0 atom stereocenters. The standard InChI is InChI=1S/C14H7ClN2O5.H2O/c15-9-1-3-11(12(6-9)17(20)21)13-4-2-10(22-13)5-8(7-16)14(18)19;/h1-6H,(H,18,19);1H2/b8-5+;. The van der Waals surface area contributed by atoms with Crippen LogP contribution in [-0.4, -0.2) is 21.5 Å². The largest absolute Gasteiger partial charge is 0.477 e. The first-order valence-electron chi connectivity index (χ1n) is 5.81. The van der Waals surface area contributed by atoms with Crippen LogP contribution in [-0.2, 0) is 4.79 Å². The lowest BCUT2D eigenvalue weighted by molar-refractivity contribution is -0.384. The summed E-state index contributed by atoms with van der Waals surface area (Å²) in [5.41, 5.74) is -0.550. The van der Waals surface area contributed by atoms with E-state index in [1.54, 1.807) is 0 Å². The number of nitriles is 1. The van der Waals surface area contributed by atoms with E-state index in [0.717, 1.165) is 6.08 Å². The summed E-state index contributed by atoms with van der Waals surface area (Å²) in [7, 11) is 0. The highest BCUT2D eigenvalue weighted by Gasteiger charge is 2.18. The molecule has 0 aliphatic heterocycles. The van der Waals surface area contributed by atoms with Gasteiger partial charge in [-0.1, -0.05) is 11.6 Å². The van der Waals surface area contributed by atoms with Crippen molar-refractivity contribution in [2.75, 3.05) is 0 Å². The Morgan fingerprint density at radius 1 is 1.39 bits per heavy atom. The van der Waals surface area contributed by atoms with E-state index in [9.17, 15) is 14.9 Å². The van der Waals surface area contributed by atoms with Gasteiger partial charge in [0, 0.05) is 17.2 Å². The SMILES string of the molecule is N#C/C(=C\c1ccc(-c2ccc(Cl)cc2[N+](=O)[O-])o1)C(=O)O.O. The third-order valence-electron chi connectivity index (χ3n) is 2.69. The number of aliphatic carboxylic acids is 1. The Morgan fingerprint density at radius 3 is 2.65 bits per heavy atom. The van der Waals surface area contributed by atoms with Crippen LogP contribution < -0.4 is 0 Å². The molecule has 2 aromatic rings. The average molecular weight is 337 g/mol. The Bertz CT molecular complexity index is 834. The predicted octanol–water partition coefficient (Wildman–Crippen LogP) is 2.68. The number of carboxylic acids is 1. The molecule has 1 aromatic heterocycles. The fourth-order valence-electron chi connectivity index (χ4n) is 1.72. The molecule has 1 heterocycles. The van der Waals surface area contributed by atoms with E-state index in [1.807, 2.05) is 0 Å². The number of hydrogen-bond acceptors (Lipinski definition) is 5. The summed E-state index contributed by atoms with van der Waals surface area (Å²) in [4.78, 5) is 21.2. The molecule has 0 saturated heterocycles. The van der Waals surface area contributed by atoms with E-state index in [-0.39, 0.29) is 33.3 Å². The zero-order chi connectivity index (χ0) is 16.3. The zero-order valence-corrected chi connectivity index (χ0v) is 12.1. The highest BCUT2D eigenvalue weighted by Crippen LogP contribution is 2.33. The predicted molar refractivity (Wildman–Crippen MR) is 80.6 cm³/mol. The van der Waals surface area contributed by atoms with Crippen molar-refractivity contribution in [1.82, 2.24) is 0 Å². The summed E-state index contributed by atoms with van der Waals surface area (Å²) in [6, 6.07) is 8.45. The van der Waals surface area contributed by atoms with E-state index in [0.29, 0.717) is 0 Å². The Hall–Kier alpha value is -3.15. The van der Waals surface area contributed by atoms with Gasteiger partial charge in [0.25, 0.3) is 5.69 Å². The van der Waals surface area contributed by atoms with Crippen molar-refractivity contribution < 1.29 is 24.7 Å². The van der Waals surface area contributed by atoms with Crippen molar-refractivity contribution in [2.24, 2.45) is 0 Å². The minimum atomic E-state index is -1.39. The molecule has 2 rings (SSSR count). The topological polar surface area (TPSA) is 149 Å². The van der Waals surface area contributed by atoms with E-state index in [2.05, 4.69) is 0 Å². The van der Waals surface area contributed by atoms with Crippen molar-refractivity contribution in [3.8, 4) is 17.4 Å². The zero-order valence-electron chi connectivity index (χ0n) is 11.3. The van der Waals surface area contributed by atoms with Gasteiger partial charge in [-0.3, -0.25) is 10.1 Å². The maximum Gasteiger partial charge on any atom is 0.346 e. The molecule has 0 spiro atoms. The van der Waals surface area contributed by atoms with Gasteiger partial charge in [0.05, 0.1) is 10.5 Å². The molecule has 0 aliphatic rings. The Balaban J connectivity index is 0.00000264. The van der Waals surface area contributed by atoms with Gasteiger partial charge in [0.1, 0.15) is 23.2 Å². The fraction of sp³-hybridized carbons (Fsp3) is 0. The molecule has 0 aliphatic carbocycles. The molecule has 0 amide bonds. The molecule has 9 heteroatoms. The maximum absolute atomic E-state index is 11.0. The normalized spacial score (nSPS) is 10.5. The average Bonchev–Trinajstić information content (AvgIpc) is 2.92. The lowest BCUT2D eigenvalue weighted by Crippen LogP contribution is -1.96. The second-order valence-electron chi connectivity index (χ2n) is 4.10. The Morgan fingerprint density at radius 2 is 2.09 bits per heavy atom. The molecule has 1 aromatic carbocycles. The quantitative estimate of drug-likeness (QED) is 0.392. The van der Waals surface area contributed by atoms with Crippen molar-refractivity contribution in [1.29, 1.82) is 5.26 Å². The van der Waals surface area contributed by atoms with E-state index in [4.69, 9.17) is 26.4 Å². The Labute approximate surface area is 134 Å². The number of nitro groups is 1. The number of hydrogen-bond donors (Lipinski definition) is 1. The van der Waals surface area contributed by atoms with Crippen molar-refractivity contribution in [2.45, 2.75) is 0 Å². The van der Waals surface area contributed by atoms with Crippen LogP contribution in [0.25, 0.3) is 17.4 Å². The van der Waals surface area contributed by atoms with Crippen LogP contribution in [0.4, 0.5) is 5.69 Å². The maximum atomic E-state index is 11.0. The summed E-state index contributed by atoms with van der Waals surface area (Å²) in [6.07, 6.45) is 1.04. The lowest BCUT2D eigenvalue weighted by atomic mass is 10.1. The summed E-state index contributed by atoms with van der Waals surface area (Å²) in [5.74, 6) is -1.13. The van der Waals surface area contributed by atoms with Gasteiger partial charge in [0.2, 0.25) is 0 Å². The second kappa shape index (κ2) is 7.22. The molecular weight excluding hydrogens is 328 g/mol. The van der Waals surface area contributed by atoms with Crippen molar-refractivity contribution >= 4 is 29.3 Å². The molecule has 0 unspecified atom stereocenters. The highest BCUT2D eigenvalue weighted by molar-refractivity contribution is 6.30. The molecule has 0 fully saturated rings. The number of nitrogens with zero attached hydrogens (tertiary/aromatic N) is 2. The van der Waals surface area contributed by atoms with Crippen LogP contribution in [0.3, 0.4) is 0 Å². The van der Waals surface area contributed by atoms with E-state index in [1.165, 1.54) is 36.4 Å². The van der Waals surface area contributed by atoms with Crippen LogP contribution in [0.5, 0.6) is 0 Å². The minimum Gasteiger partial charge on any atom is -0.477 e. The van der Waals surface area contributed by atoms with Crippen LogP contribution >= 0.6 is 11.6 Å². The number of rotatable bonds is 4. The highest BCUT2D eigenvalue weighted by atomic mass is 35.5. The molecule has 0 bridgehead atoms. The van der Waals surface area contributed by atoms with Gasteiger partial charge in [-0.15, -0.1) is 0 Å². The minimum absolute atomic E-state index is 0. The van der Waals surface area contributed by atoms with Gasteiger partial charge >= 0.3 is 5.97 Å². The first-order chi connectivity index (χ1) is 10.4. The number of nitro benzene ring substituents is 1. The monoisotopic (exact) mass is 336 g/mol. The van der Waals surface area contributed by atoms with Crippen LogP contribution in [0.2, 0.25) is 5.02 Å². The lowest BCUT2D eigenvalue weighted by Gasteiger charge is -2.00. The second-order valence-corrected chi connectivity index (χ2v) is 4.53. The smallest absolute Gasteiger partial charge is 0.346 e. The Kier molecular flexibility index (Phi) is 5.62. The van der Waals surface area contributed by atoms with Crippen LogP contribution in [0.15, 0.2) is 40.3 Å². The summed E-state index contributed by atoms with van der Waals surface area (Å²) in [6.45, 7) is 0. The molecule has 8 nitrogen and oxygen atoms in total. The number of carboxylic acid groups (broad SMARTS) is 1. The molecule has 23 heavy (non-hydrogen) atoms. The van der Waals surface area contributed by atoms with Gasteiger partial charge < -0.3 is 15.0 Å². The molecule has 0 radical (unpaired) electrons. The number of benzene rings is 1. The molecule has 3 N–H and O–H groups in total. The first kappa shape index (κ1) is 17.9. The summed E-state index contributed by atoms with van der Waals surface area (Å²) >= 11 is 5.73. The third kappa shape index (κ3) is 3.94. The molecule has 118 valence electrons. The number of furan rings is 1. The van der Waals surface area contributed by atoms with Gasteiger partial charge in [-0.05, 0) is 24.3 Å². The molecule has 0 saturated carbocycles. The van der Waals surface area contributed by atoms with E-state index < -0.39 is 16.5 Å². The van der Waals surface area contributed by atoms with Crippen LogP contribution in [0, 0.1) is 21.4 Å². The van der Waals surface area contributed by atoms with Crippen LogP contribution in [0.1, 0.15) is 5.76 Å². The van der Waals surface area contributed by atoms with Crippen molar-refractivity contribution in [3.63, 3.8) is 0 Å². The van der Waals surface area contributed by atoms with Crippen molar-refractivity contribution in [3.05, 3.63) is 56.8 Å². The van der Waals surface area contributed by atoms with Gasteiger partial charge in [-0.25, -0.2) is 4.79 Å². The number of carbonyl (C=O) groups is 1.